The fourth-order valence-electron chi connectivity index (χ4n) is 6.35. The van der Waals surface area contributed by atoms with Crippen LogP contribution >= 0.6 is 0 Å². The third-order valence-corrected chi connectivity index (χ3v) is 9.30. The first kappa shape index (κ1) is 37.0. The fraction of sp³-hybridized carbons (Fsp3) is 0.324. The van der Waals surface area contributed by atoms with Crippen molar-refractivity contribution in [1.29, 1.82) is 0 Å². The van der Waals surface area contributed by atoms with Crippen molar-refractivity contribution in [2.45, 2.75) is 68.4 Å². The number of aliphatic hydroxyl groups excluding tert-OH is 4. The number of nitrogens with two attached hydrogens (primary N) is 1. The molecular formula is C37H38N6O11. The molecule has 3 aromatic carbocycles. The van der Waals surface area contributed by atoms with Crippen molar-refractivity contribution in [1.82, 2.24) is 24.5 Å². The summed E-state index contributed by atoms with van der Waals surface area (Å²) in [6, 6.07) is 24.6. The maximum Gasteiger partial charge on any atom is 0.330 e. The van der Waals surface area contributed by atoms with Crippen molar-refractivity contribution in [2.24, 2.45) is 5.73 Å². The summed E-state index contributed by atoms with van der Waals surface area (Å²) in [5.74, 6) is 0.542. The molecule has 17 heteroatoms. The van der Waals surface area contributed by atoms with Crippen molar-refractivity contribution in [2.75, 3.05) is 6.54 Å². The second-order valence-corrected chi connectivity index (χ2v) is 13.0. The van der Waals surface area contributed by atoms with Gasteiger partial charge in [-0.25, -0.2) is 9.48 Å². The maximum absolute atomic E-state index is 12.7. The van der Waals surface area contributed by atoms with Crippen LogP contribution in [0.5, 0.6) is 5.75 Å². The second-order valence-electron chi connectivity index (χ2n) is 13.0. The van der Waals surface area contributed by atoms with Gasteiger partial charge < -0.3 is 45.1 Å². The van der Waals surface area contributed by atoms with Gasteiger partial charge >= 0.3 is 5.69 Å². The van der Waals surface area contributed by atoms with Crippen molar-refractivity contribution >= 4 is 5.78 Å². The minimum atomic E-state index is -1.65. The molecule has 2 aromatic heterocycles. The van der Waals surface area contributed by atoms with E-state index in [1.807, 2.05) is 42.5 Å². The van der Waals surface area contributed by atoms with Crippen LogP contribution in [-0.4, -0.2) is 100 Å². The zero-order valence-corrected chi connectivity index (χ0v) is 28.6. The Morgan fingerprint density at radius 1 is 0.852 bits per heavy atom. The molecule has 0 bridgehead atoms. The number of rotatable bonds is 13. The standard InChI is InChI=1S/C37H38N6O11/c38-16-26-29(46)32(49)36(52-26)54-33(34-30(47)31(48)35(53-34)43-15-14-27(44)39-37(43)50)25-18-42(41-40-25)17-20-6-8-21(9-7-20)19-51-24-12-10-23(11-13-24)28(45)22-4-2-1-3-5-22/h1-15,18,26,29-36,46-49H,16-17,19,38H2,(H,39,44,50)/t26-,29-,30+,31-,32-,33+,34+,35-,36+/m1/s1. The van der Waals surface area contributed by atoms with Crippen LogP contribution in [0.4, 0.5) is 0 Å². The summed E-state index contributed by atoms with van der Waals surface area (Å²) >= 11 is 0. The molecule has 0 unspecified atom stereocenters. The molecule has 7 rings (SSSR count). The lowest BCUT2D eigenvalue weighted by atomic mass is 10.0. The normalized spacial score (nSPS) is 25.8. The largest absolute Gasteiger partial charge is 0.489 e. The van der Waals surface area contributed by atoms with Gasteiger partial charge in [-0.15, -0.1) is 5.10 Å². The van der Waals surface area contributed by atoms with Crippen LogP contribution < -0.4 is 21.7 Å². The Morgan fingerprint density at radius 3 is 2.24 bits per heavy atom. The Bertz CT molecular complexity index is 2160. The minimum Gasteiger partial charge on any atom is -0.489 e. The number of H-pyrrole nitrogens is 1. The molecule has 0 amide bonds. The fourth-order valence-corrected chi connectivity index (χ4v) is 6.35. The number of aliphatic hydroxyl groups is 4. The highest BCUT2D eigenvalue weighted by Crippen LogP contribution is 2.39. The molecule has 0 spiro atoms. The molecule has 282 valence electrons. The van der Waals surface area contributed by atoms with E-state index in [1.165, 1.54) is 10.9 Å². The summed E-state index contributed by atoms with van der Waals surface area (Å²) < 4.78 is 26.0. The quantitative estimate of drug-likeness (QED) is 0.0854. The first-order valence-electron chi connectivity index (χ1n) is 17.1. The maximum atomic E-state index is 12.7. The average Bonchev–Trinajstić information content (AvgIpc) is 3.85. The van der Waals surface area contributed by atoms with Crippen LogP contribution in [0.3, 0.4) is 0 Å². The first-order chi connectivity index (χ1) is 26.1. The molecule has 2 saturated heterocycles. The van der Waals surface area contributed by atoms with Gasteiger partial charge in [0, 0.05) is 29.9 Å². The van der Waals surface area contributed by atoms with E-state index < -0.39 is 66.5 Å². The number of carbonyl (C=O) groups excluding carboxylic acids is 1. The Labute approximate surface area is 306 Å². The lowest BCUT2D eigenvalue weighted by molar-refractivity contribution is -0.224. The number of ether oxygens (including phenoxy) is 4. The highest BCUT2D eigenvalue weighted by atomic mass is 16.7. The molecule has 9 atom stereocenters. The Morgan fingerprint density at radius 2 is 1.56 bits per heavy atom. The predicted molar refractivity (Wildman–Crippen MR) is 187 cm³/mol. The summed E-state index contributed by atoms with van der Waals surface area (Å²) in [7, 11) is 0. The number of aromatic amines is 1. The Hall–Kier alpha value is -5.37. The monoisotopic (exact) mass is 742 g/mol. The van der Waals surface area contributed by atoms with E-state index in [0.29, 0.717) is 16.9 Å². The summed E-state index contributed by atoms with van der Waals surface area (Å²) in [4.78, 5) is 38.9. The Kier molecular flexibility index (Phi) is 10.9. The number of hydrogen-bond donors (Lipinski definition) is 6. The van der Waals surface area contributed by atoms with Gasteiger partial charge in [-0.3, -0.25) is 19.1 Å². The van der Waals surface area contributed by atoms with Gasteiger partial charge in [-0.2, -0.15) is 0 Å². The van der Waals surface area contributed by atoms with E-state index in [4.69, 9.17) is 24.7 Å². The summed E-state index contributed by atoms with van der Waals surface area (Å²) in [5, 5.41) is 51.5. The van der Waals surface area contributed by atoms with E-state index in [1.54, 1.807) is 36.4 Å². The number of ketones is 1. The predicted octanol–water partition coefficient (Wildman–Crippen LogP) is -0.231. The zero-order chi connectivity index (χ0) is 37.9. The van der Waals surface area contributed by atoms with Gasteiger partial charge in [-0.05, 0) is 35.4 Å². The molecular weight excluding hydrogens is 704 g/mol. The topological polar surface area (TPSA) is 246 Å². The lowest BCUT2D eigenvalue weighted by Crippen LogP contribution is -2.40. The zero-order valence-electron chi connectivity index (χ0n) is 28.6. The molecule has 0 radical (unpaired) electrons. The summed E-state index contributed by atoms with van der Waals surface area (Å²) in [6.07, 6.45) is -10.1. The number of hydrogen-bond acceptors (Lipinski definition) is 14. The lowest BCUT2D eigenvalue weighted by Gasteiger charge is -2.28. The number of carbonyl (C=O) groups is 1. The van der Waals surface area contributed by atoms with Gasteiger partial charge in [-0.1, -0.05) is 59.8 Å². The Balaban J connectivity index is 1.03. The van der Waals surface area contributed by atoms with Gasteiger partial charge in [0.1, 0.15) is 60.8 Å². The molecule has 5 aromatic rings. The second kappa shape index (κ2) is 15.9. The molecule has 2 fully saturated rings. The first-order valence-corrected chi connectivity index (χ1v) is 17.1. The summed E-state index contributed by atoms with van der Waals surface area (Å²) in [6.45, 7) is 0.433. The van der Waals surface area contributed by atoms with Crippen LogP contribution in [0.1, 0.15) is 45.1 Å². The highest BCUT2D eigenvalue weighted by molar-refractivity contribution is 6.08. The van der Waals surface area contributed by atoms with Crippen molar-refractivity contribution in [3.8, 4) is 5.75 Å². The molecule has 7 N–H and O–H groups in total. The average molecular weight is 743 g/mol. The third-order valence-electron chi connectivity index (χ3n) is 9.30. The van der Waals surface area contributed by atoms with Crippen molar-refractivity contribution in [3.05, 3.63) is 146 Å². The number of nitrogens with zero attached hydrogens (tertiary/aromatic N) is 4. The van der Waals surface area contributed by atoms with Crippen LogP contribution in [0.15, 0.2) is 107 Å². The smallest absolute Gasteiger partial charge is 0.330 e. The molecule has 2 aliphatic heterocycles. The van der Waals surface area contributed by atoms with E-state index >= 15 is 0 Å². The number of aromatic nitrogens is 5. The molecule has 0 saturated carbocycles. The molecule has 2 aliphatic rings. The number of nitrogens with one attached hydrogen (secondary N) is 1. The third kappa shape index (κ3) is 7.79. The molecule has 17 nitrogen and oxygen atoms in total. The van der Waals surface area contributed by atoms with Gasteiger partial charge in [0.05, 0.1) is 12.7 Å². The van der Waals surface area contributed by atoms with Crippen molar-refractivity contribution < 1.29 is 44.2 Å². The molecule has 54 heavy (non-hydrogen) atoms. The van der Waals surface area contributed by atoms with E-state index in [9.17, 15) is 34.8 Å². The van der Waals surface area contributed by atoms with Crippen LogP contribution in [0.2, 0.25) is 0 Å². The van der Waals surface area contributed by atoms with Crippen LogP contribution in [0.25, 0.3) is 0 Å². The van der Waals surface area contributed by atoms with Gasteiger partial charge in [0.25, 0.3) is 5.56 Å². The highest BCUT2D eigenvalue weighted by Gasteiger charge is 2.52. The molecule has 4 heterocycles. The summed E-state index contributed by atoms with van der Waals surface area (Å²) in [5.41, 5.74) is 7.16. The van der Waals surface area contributed by atoms with E-state index in [-0.39, 0.29) is 31.2 Å². The van der Waals surface area contributed by atoms with Crippen LogP contribution in [-0.2, 0) is 27.4 Å². The molecule has 0 aliphatic carbocycles. The van der Waals surface area contributed by atoms with Crippen molar-refractivity contribution in [3.63, 3.8) is 0 Å². The van der Waals surface area contributed by atoms with E-state index in [2.05, 4.69) is 15.3 Å². The number of benzene rings is 3. The van der Waals surface area contributed by atoms with E-state index in [0.717, 1.165) is 28.0 Å². The van der Waals surface area contributed by atoms with Gasteiger partial charge in [0.2, 0.25) is 0 Å². The SMILES string of the molecule is NC[C@H]1O[C@@H](O[C@@H](c2cn(Cc3ccc(COc4ccc(C(=O)c5ccccc5)cc4)cc3)nn2)[C@H]2O[C@@H](n3ccc(=O)[nH]c3=O)[C@H](O)[C@@H]2O)[C@H](O)[C@@H]1O. The van der Waals surface area contributed by atoms with Crippen LogP contribution in [0, 0.1) is 0 Å². The van der Waals surface area contributed by atoms with Gasteiger partial charge in [0.15, 0.2) is 18.3 Å². The minimum absolute atomic E-state index is 0.0695.